The lowest BCUT2D eigenvalue weighted by Gasteiger charge is -2.08. The smallest absolute Gasteiger partial charge is 0.380 e. The number of hydrogen-bond donors (Lipinski definition) is 1. The van der Waals surface area contributed by atoms with E-state index in [-0.39, 0.29) is 11.7 Å². The molecule has 1 saturated carbocycles. The van der Waals surface area contributed by atoms with Crippen LogP contribution in [0.4, 0.5) is 19.0 Å². The van der Waals surface area contributed by atoms with Gasteiger partial charge in [-0.05, 0) is 30.0 Å². The van der Waals surface area contributed by atoms with Crippen LogP contribution in [-0.2, 0) is 6.18 Å². The average Bonchev–Trinajstić information content (AvgIpc) is 2.97. The molecule has 1 heterocycles. The van der Waals surface area contributed by atoms with Crippen LogP contribution >= 0.6 is 0 Å². The largest absolute Gasteiger partial charge is 0.416 e. The maximum Gasteiger partial charge on any atom is 0.416 e. The molecule has 2 N–H and O–H groups in total. The zero-order valence-electron chi connectivity index (χ0n) is 10.7. The van der Waals surface area contributed by atoms with Crippen molar-refractivity contribution < 1.29 is 17.7 Å². The fourth-order valence-electron chi connectivity index (χ4n) is 2.40. The van der Waals surface area contributed by atoms with Crippen molar-refractivity contribution in [3.63, 3.8) is 0 Å². The Morgan fingerprint density at radius 1 is 1.35 bits per heavy atom. The third-order valence-electron chi connectivity index (χ3n) is 3.67. The summed E-state index contributed by atoms with van der Waals surface area (Å²) in [5.41, 5.74) is 5.94. The van der Waals surface area contributed by atoms with Gasteiger partial charge in [0.15, 0.2) is 5.82 Å². The number of anilines is 1. The Morgan fingerprint density at radius 2 is 2.05 bits per heavy atom. The molecule has 1 aromatic carbocycles. The summed E-state index contributed by atoms with van der Waals surface area (Å²) in [6.45, 7) is 2.05. The second kappa shape index (κ2) is 4.26. The van der Waals surface area contributed by atoms with E-state index >= 15 is 0 Å². The lowest BCUT2D eigenvalue weighted by molar-refractivity contribution is -0.137. The molecule has 1 aliphatic rings. The minimum atomic E-state index is -4.38. The Morgan fingerprint density at radius 3 is 2.65 bits per heavy atom. The minimum Gasteiger partial charge on any atom is -0.380 e. The average molecular weight is 282 g/mol. The summed E-state index contributed by atoms with van der Waals surface area (Å²) in [6, 6.07) is 5.07. The third-order valence-corrected chi connectivity index (χ3v) is 3.67. The zero-order valence-corrected chi connectivity index (χ0v) is 10.7. The van der Waals surface area contributed by atoms with Gasteiger partial charge in [-0.25, -0.2) is 0 Å². The second-order valence-electron chi connectivity index (χ2n) is 5.21. The molecule has 3 nitrogen and oxygen atoms in total. The van der Waals surface area contributed by atoms with Gasteiger partial charge in [0.1, 0.15) is 5.76 Å². The third kappa shape index (κ3) is 2.15. The van der Waals surface area contributed by atoms with Crippen LogP contribution in [0.25, 0.3) is 11.1 Å². The van der Waals surface area contributed by atoms with Gasteiger partial charge >= 0.3 is 6.18 Å². The number of benzene rings is 1. The fraction of sp³-hybridized carbons (Fsp3) is 0.357. The van der Waals surface area contributed by atoms with Crippen LogP contribution in [0.2, 0.25) is 0 Å². The van der Waals surface area contributed by atoms with Crippen molar-refractivity contribution in [3.8, 4) is 11.1 Å². The molecular weight excluding hydrogens is 269 g/mol. The van der Waals surface area contributed by atoms with E-state index in [1.165, 1.54) is 6.07 Å². The van der Waals surface area contributed by atoms with Crippen molar-refractivity contribution in [2.24, 2.45) is 5.92 Å². The number of aromatic nitrogens is 1. The molecule has 2 atom stereocenters. The first kappa shape index (κ1) is 13.0. The lowest BCUT2D eigenvalue weighted by Crippen LogP contribution is -2.04. The summed E-state index contributed by atoms with van der Waals surface area (Å²) in [4.78, 5) is 0. The van der Waals surface area contributed by atoms with Gasteiger partial charge in [0.2, 0.25) is 0 Å². The Hall–Kier alpha value is -1.98. The van der Waals surface area contributed by atoms with E-state index in [0.717, 1.165) is 18.6 Å². The Balaban J connectivity index is 2.07. The number of nitrogens with zero attached hydrogens (tertiary/aromatic N) is 1. The van der Waals surface area contributed by atoms with Crippen molar-refractivity contribution in [1.29, 1.82) is 0 Å². The zero-order chi connectivity index (χ0) is 14.5. The molecule has 0 radical (unpaired) electrons. The summed E-state index contributed by atoms with van der Waals surface area (Å²) in [5.74, 6) is 1.38. The molecule has 2 unspecified atom stereocenters. The van der Waals surface area contributed by atoms with E-state index in [4.69, 9.17) is 10.3 Å². The van der Waals surface area contributed by atoms with Crippen LogP contribution < -0.4 is 5.73 Å². The van der Waals surface area contributed by atoms with E-state index in [2.05, 4.69) is 12.1 Å². The molecule has 3 rings (SSSR count). The van der Waals surface area contributed by atoms with Gasteiger partial charge < -0.3 is 10.3 Å². The molecule has 0 amide bonds. The monoisotopic (exact) mass is 282 g/mol. The number of alkyl halides is 3. The van der Waals surface area contributed by atoms with Gasteiger partial charge in [-0.15, -0.1) is 0 Å². The van der Waals surface area contributed by atoms with E-state index in [0.29, 0.717) is 22.8 Å². The number of rotatable bonds is 2. The van der Waals surface area contributed by atoms with Gasteiger partial charge in [0.05, 0.1) is 11.1 Å². The van der Waals surface area contributed by atoms with Crippen LogP contribution in [-0.4, -0.2) is 5.16 Å². The highest BCUT2D eigenvalue weighted by Gasteiger charge is 2.40. The Bertz CT molecular complexity index is 648. The molecule has 106 valence electrons. The SMILES string of the molecule is CC1CC1c1onc(N)c1-c1cccc(C(F)(F)F)c1. The van der Waals surface area contributed by atoms with Gasteiger partial charge in [0, 0.05) is 5.92 Å². The predicted molar refractivity (Wildman–Crippen MR) is 67.9 cm³/mol. The summed E-state index contributed by atoms with van der Waals surface area (Å²) in [6.07, 6.45) is -3.43. The first-order valence-electron chi connectivity index (χ1n) is 6.30. The van der Waals surface area contributed by atoms with Crippen LogP contribution in [0.15, 0.2) is 28.8 Å². The van der Waals surface area contributed by atoms with E-state index in [1.807, 2.05) is 0 Å². The van der Waals surface area contributed by atoms with Crippen LogP contribution in [0.5, 0.6) is 0 Å². The number of nitrogens with two attached hydrogens (primary N) is 1. The van der Waals surface area contributed by atoms with Gasteiger partial charge in [-0.2, -0.15) is 13.2 Å². The molecular formula is C14H13F3N2O. The molecule has 20 heavy (non-hydrogen) atoms. The Labute approximate surface area is 113 Å². The number of nitrogen functional groups attached to an aromatic ring is 1. The van der Waals surface area contributed by atoms with Crippen molar-refractivity contribution >= 4 is 5.82 Å². The van der Waals surface area contributed by atoms with Crippen LogP contribution in [0.3, 0.4) is 0 Å². The van der Waals surface area contributed by atoms with Gasteiger partial charge in [-0.1, -0.05) is 24.2 Å². The van der Waals surface area contributed by atoms with Crippen LogP contribution in [0, 0.1) is 5.92 Å². The predicted octanol–water partition coefficient (Wildman–Crippen LogP) is 4.07. The molecule has 2 aromatic rings. The summed E-state index contributed by atoms with van der Waals surface area (Å²) < 4.78 is 43.5. The van der Waals surface area contributed by atoms with Crippen molar-refractivity contribution in [2.75, 3.05) is 5.73 Å². The second-order valence-corrected chi connectivity index (χ2v) is 5.21. The summed E-state index contributed by atoms with van der Waals surface area (Å²) in [7, 11) is 0. The molecule has 1 fully saturated rings. The number of halogens is 3. The topological polar surface area (TPSA) is 52.0 Å². The highest BCUT2D eigenvalue weighted by Crippen LogP contribution is 2.51. The normalized spacial score (nSPS) is 22.0. The molecule has 0 bridgehead atoms. The van der Waals surface area contributed by atoms with Crippen molar-refractivity contribution in [1.82, 2.24) is 5.16 Å². The van der Waals surface area contributed by atoms with Crippen LogP contribution in [0.1, 0.15) is 30.6 Å². The molecule has 6 heteroatoms. The first-order chi connectivity index (χ1) is 9.38. The molecule has 0 aliphatic heterocycles. The molecule has 1 aromatic heterocycles. The summed E-state index contributed by atoms with van der Waals surface area (Å²) >= 11 is 0. The van der Waals surface area contributed by atoms with Crippen molar-refractivity contribution in [2.45, 2.75) is 25.4 Å². The molecule has 1 aliphatic carbocycles. The highest BCUT2D eigenvalue weighted by atomic mass is 19.4. The maximum absolute atomic E-state index is 12.8. The molecule has 0 saturated heterocycles. The van der Waals surface area contributed by atoms with Gasteiger partial charge in [0.25, 0.3) is 0 Å². The fourth-order valence-corrected chi connectivity index (χ4v) is 2.40. The van der Waals surface area contributed by atoms with E-state index in [9.17, 15) is 13.2 Å². The molecule has 0 spiro atoms. The van der Waals surface area contributed by atoms with Crippen molar-refractivity contribution in [3.05, 3.63) is 35.6 Å². The first-order valence-corrected chi connectivity index (χ1v) is 6.30. The quantitative estimate of drug-likeness (QED) is 0.903. The summed E-state index contributed by atoms with van der Waals surface area (Å²) in [5, 5.41) is 3.70. The lowest BCUT2D eigenvalue weighted by atomic mass is 10.0. The van der Waals surface area contributed by atoms with Gasteiger partial charge in [-0.3, -0.25) is 0 Å². The minimum absolute atomic E-state index is 0.137. The standard InChI is InChI=1S/C14H13F3N2O/c1-7-5-10(7)12-11(13(18)19-20-12)8-3-2-4-9(6-8)14(15,16)17/h2-4,6-7,10H,5H2,1H3,(H2,18,19). The van der Waals surface area contributed by atoms with E-state index in [1.54, 1.807) is 6.07 Å². The Kier molecular flexibility index (Phi) is 2.77. The maximum atomic E-state index is 12.8. The number of hydrogen-bond acceptors (Lipinski definition) is 3. The highest BCUT2D eigenvalue weighted by molar-refractivity contribution is 5.76. The van der Waals surface area contributed by atoms with E-state index < -0.39 is 11.7 Å².